The number of hydrogen-bond donors (Lipinski definition) is 1. The van der Waals surface area contributed by atoms with Crippen molar-refractivity contribution in [3.8, 4) is 0 Å². The third-order valence-corrected chi connectivity index (χ3v) is 7.70. The van der Waals surface area contributed by atoms with Gasteiger partial charge in [-0.15, -0.1) is 0 Å². The Hall–Kier alpha value is -3.64. The van der Waals surface area contributed by atoms with Gasteiger partial charge in [0.25, 0.3) is 0 Å². The maximum absolute atomic E-state index is 6.22. The zero-order chi connectivity index (χ0) is 26.6. The van der Waals surface area contributed by atoms with Crippen molar-refractivity contribution in [2.75, 3.05) is 36.4 Å². The summed E-state index contributed by atoms with van der Waals surface area (Å²) in [7, 11) is 0. The number of rotatable bonds is 7. The Morgan fingerprint density at radius 2 is 1.54 bits per heavy atom. The van der Waals surface area contributed by atoms with Gasteiger partial charge in [-0.25, -0.2) is 4.98 Å². The molecule has 0 aliphatic carbocycles. The Kier molecular flexibility index (Phi) is 7.64. The van der Waals surface area contributed by atoms with Gasteiger partial charge in [-0.3, -0.25) is 9.88 Å². The van der Waals surface area contributed by atoms with Crippen LogP contribution in [0.1, 0.15) is 22.7 Å². The number of halogens is 2. The highest BCUT2D eigenvalue weighted by atomic mass is 35.5. The van der Waals surface area contributed by atoms with E-state index in [1.807, 2.05) is 48.7 Å². The van der Waals surface area contributed by atoms with Crippen LogP contribution in [-0.4, -0.2) is 41.0 Å². The van der Waals surface area contributed by atoms with Crippen molar-refractivity contribution < 1.29 is 0 Å². The second kappa shape index (κ2) is 11.6. The van der Waals surface area contributed by atoms with Crippen LogP contribution in [-0.2, 0) is 6.54 Å². The van der Waals surface area contributed by atoms with Crippen molar-refractivity contribution in [2.24, 2.45) is 0 Å². The molecule has 3 heterocycles. The minimum absolute atomic E-state index is 0.00438. The van der Waals surface area contributed by atoms with Gasteiger partial charge in [0.15, 0.2) is 0 Å². The van der Waals surface area contributed by atoms with Crippen molar-refractivity contribution in [2.45, 2.75) is 12.6 Å². The lowest BCUT2D eigenvalue weighted by Crippen LogP contribution is -2.46. The van der Waals surface area contributed by atoms with Gasteiger partial charge in [0.1, 0.15) is 11.0 Å². The number of pyridine rings is 2. The maximum atomic E-state index is 6.22. The van der Waals surface area contributed by atoms with E-state index >= 15 is 0 Å². The van der Waals surface area contributed by atoms with E-state index in [0.717, 1.165) is 55.1 Å². The number of nitrogens with zero attached hydrogens (tertiary/aromatic N) is 4. The molecule has 1 unspecified atom stereocenters. The molecule has 0 bridgehead atoms. The molecule has 3 aromatic carbocycles. The van der Waals surface area contributed by atoms with Crippen LogP contribution >= 0.6 is 23.2 Å². The molecule has 2 aromatic heterocycles. The van der Waals surface area contributed by atoms with E-state index in [-0.39, 0.29) is 6.04 Å². The number of aromatic nitrogens is 2. The second-order valence-electron chi connectivity index (χ2n) is 9.83. The highest BCUT2D eigenvalue weighted by Gasteiger charge is 2.19. The zero-order valence-corrected chi connectivity index (χ0v) is 23.0. The summed E-state index contributed by atoms with van der Waals surface area (Å²) in [6, 6.07) is 33.2. The summed E-state index contributed by atoms with van der Waals surface area (Å²) in [5.74, 6) is 0.955. The fourth-order valence-electron chi connectivity index (χ4n) is 5.19. The molecule has 0 radical (unpaired) electrons. The fourth-order valence-corrected chi connectivity index (χ4v) is 5.52. The van der Waals surface area contributed by atoms with E-state index in [0.29, 0.717) is 10.2 Å². The third-order valence-electron chi connectivity index (χ3n) is 7.25. The van der Waals surface area contributed by atoms with Crippen LogP contribution in [0.25, 0.3) is 10.9 Å². The molecule has 5 nitrogen and oxygen atoms in total. The van der Waals surface area contributed by atoms with Gasteiger partial charge < -0.3 is 10.2 Å². The SMILES string of the molecule is Clc1ccc2c(NC(c3ccccc3)c3ccc(CN4CCN(c5cccc(Cl)n5)CC4)cc3)ccnc2c1. The Bertz CT molecular complexity index is 1550. The summed E-state index contributed by atoms with van der Waals surface area (Å²) >= 11 is 12.3. The van der Waals surface area contributed by atoms with Crippen molar-refractivity contribution in [3.05, 3.63) is 130 Å². The van der Waals surface area contributed by atoms with E-state index in [1.165, 1.54) is 16.7 Å². The molecule has 39 heavy (non-hydrogen) atoms. The van der Waals surface area contributed by atoms with Gasteiger partial charge in [0.05, 0.1) is 11.6 Å². The summed E-state index contributed by atoms with van der Waals surface area (Å²) < 4.78 is 0. The lowest BCUT2D eigenvalue weighted by molar-refractivity contribution is 0.249. The Morgan fingerprint density at radius 3 is 2.31 bits per heavy atom. The summed E-state index contributed by atoms with van der Waals surface area (Å²) in [6.07, 6.45) is 1.83. The number of anilines is 2. The van der Waals surface area contributed by atoms with Gasteiger partial charge in [-0.05, 0) is 53.1 Å². The summed E-state index contributed by atoms with van der Waals surface area (Å²) in [4.78, 5) is 13.8. The number of piperazine rings is 1. The van der Waals surface area contributed by atoms with Gasteiger partial charge in [-0.1, -0.05) is 83.9 Å². The van der Waals surface area contributed by atoms with E-state index in [2.05, 4.69) is 79.7 Å². The normalized spacial score (nSPS) is 14.9. The lowest BCUT2D eigenvalue weighted by atomic mass is 9.97. The first-order valence-electron chi connectivity index (χ1n) is 13.2. The van der Waals surface area contributed by atoms with E-state index in [4.69, 9.17) is 23.2 Å². The van der Waals surface area contributed by atoms with Crippen molar-refractivity contribution in [1.29, 1.82) is 0 Å². The standard InChI is InChI=1S/C32H29Cl2N5/c33-26-13-14-27-28(15-16-35-29(27)21-26)36-32(24-5-2-1-3-6-24)25-11-9-23(10-12-25)22-38-17-19-39(20-18-38)31-8-4-7-30(34)37-31/h1-16,21,32H,17-20,22H2,(H,35,36). The smallest absolute Gasteiger partial charge is 0.131 e. The molecule has 196 valence electrons. The van der Waals surface area contributed by atoms with Crippen LogP contribution in [0.4, 0.5) is 11.5 Å². The van der Waals surface area contributed by atoms with Gasteiger partial charge in [0.2, 0.25) is 0 Å². The molecule has 0 amide bonds. The van der Waals surface area contributed by atoms with E-state index in [9.17, 15) is 0 Å². The second-order valence-corrected chi connectivity index (χ2v) is 10.7. The topological polar surface area (TPSA) is 44.3 Å². The molecule has 6 rings (SSSR count). The molecule has 1 atom stereocenters. The molecule has 1 fully saturated rings. The van der Waals surface area contributed by atoms with E-state index < -0.39 is 0 Å². The summed E-state index contributed by atoms with van der Waals surface area (Å²) in [5, 5.41) is 6.06. The summed E-state index contributed by atoms with van der Waals surface area (Å²) in [6.45, 7) is 4.79. The number of nitrogens with one attached hydrogen (secondary N) is 1. The molecule has 1 saturated heterocycles. The number of hydrogen-bond acceptors (Lipinski definition) is 5. The minimum atomic E-state index is -0.00438. The first-order chi connectivity index (χ1) is 19.1. The molecule has 0 spiro atoms. The van der Waals surface area contributed by atoms with Crippen LogP contribution in [0.5, 0.6) is 0 Å². The van der Waals surface area contributed by atoms with Crippen LogP contribution in [0.15, 0.2) is 103 Å². The monoisotopic (exact) mass is 553 g/mol. The summed E-state index contributed by atoms with van der Waals surface area (Å²) in [5.41, 5.74) is 5.63. The highest BCUT2D eigenvalue weighted by Crippen LogP contribution is 2.31. The average Bonchev–Trinajstić information content (AvgIpc) is 2.97. The van der Waals surface area contributed by atoms with Crippen LogP contribution in [0, 0.1) is 0 Å². The number of benzene rings is 3. The first-order valence-corrected chi connectivity index (χ1v) is 13.9. The largest absolute Gasteiger partial charge is 0.374 e. The minimum Gasteiger partial charge on any atom is -0.374 e. The molecule has 1 N–H and O–H groups in total. The lowest BCUT2D eigenvalue weighted by Gasteiger charge is -2.35. The molecule has 1 aliphatic heterocycles. The Labute approximate surface area is 239 Å². The van der Waals surface area contributed by atoms with Crippen molar-refractivity contribution >= 4 is 45.6 Å². The first kappa shape index (κ1) is 25.6. The average molecular weight is 555 g/mol. The molecule has 1 aliphatic rings. The molecular weight excluding hydrogens is 525 g/mol. The van der Waals surface area contributed by atoms with Crippen LogP contribution < -0.4 is 10.2 Å². The van der Waals surface area contributed by atoms with E-state index in [1.54, 1.807) is 0 Å². The predicted molar refractivity (Wildman–Crippen MR) is 162 cm³/mol. The molecule has 5 aromatic rings. The fraction of sp³-hybridized carbons (Fsp3) is 0.188. The van der Waals surface area contributed by atoms with Crippen LogP contribution in [0.3, 0.4) is 0 Å². The van der Waals surface area contributed by atoms with Crippen molar-refractivity contribution in [3.63, 3.8) is 0 Å². The van der Waals surface area contributed by atoms with Crippen LogP contribution in [0.2, 0.25) is 10.2 Å². The van der Waals surface area contributed by atoms with Crippen molar-refractivity contribution in [1.82, 2.24) is 14.9 Å². The maximum Gasteiger partial charge on any atom is 0.131 e. The molecule has 7 heteroatoms. The Morgan fingerprint density at radius 1 is 0.769 bits per heavy atom. The zero-order valence-electron chi connectivity index (χ0n) is 21.5. The third kappa shape index (κ3) is 6.01. The van der Waals surface area contributed by atoms with Gasteiger partial charge in [-0.2, -0.15) is 0 Å². The van der Waals surface area contributed by atoms with Gasteiger partial charge in [0, 0.05) is 55.0 Å². The predicted octanol–water partition coefficient (Wildman–Crippen LogP) is 7.46. The molecule has 0 saturated carbocycles. The van der Waals surface area contributed by atoms with Gasteiger partial charge >= 0.3 is 0 Å². The highest BCUT2D eigenvalue weighted by molar-refractivity contribution is 6.31. The quantitative estimate of drug-likeness (QED) is 0.212. The number of fused-ring (bicyclic) bond motifs is 1. The molecular formula is C32H29Cl2N5. The Balaban J connectivity index is 1.18.